The van der Waals surface area contributed by atoms with E-state index in [1.165, 1.54) is 17.9 Å². The molecule has 1 atom stereocenters. The predicted molar refractivity (Wildman–Crippen MR) is 129 cm³/mol. The van der Waals surface area contributed by atoms with Crippen molar-refractivity contribution in [2.24, 2.45) is 5.92 Å². The Morgan fingerprint density at radius 2 is 1.85 bits per heavy atom. The monoisotopic (exact) mass is 472 g/mol. The molecule has 0 bridgehead atoms. The largest absolute Gasteiger partial charge is 0.465 e. The zero-order valence-corrected chi connectivity index (χ0v) is 21.0. The van der Waals surface area contributed by atoms with Crippen molar-refractivity contribution in [2.75, 3.05) is 20.2 Å². The van der Waals surface area contributed by atoms with Crippen molar-refractivity contribution in [1.29, 1.82) is 0 Å². The molecule has 9 nitrogen and oxygen atoms in total. The fourth-order valence-corrected chi connectivity index (χ4v) is 4.22. The number of hydrogen-bond donors (Lipinski definition) is 1. The molecule has 0 spiro atoms. The summed E-state index contributed by atoms with van der Waals surface area (Å²) < 4.78 is 11.7. The van der Waals surface area contributed by atoms with Crippen LogP contribution in [0.1, 0.15) is 69.8 Å². The molecule has 3 heterocycles. The van der Waals surface area contributed by atoms with Gasteiger partial charge < -0.3 is 19.7 Å². The standard InChI is InChI=1S/C25H36N4O5/c1-16(2)13-19(22(30)28-11-7-8-12-28)27-14-17-9-10-26-21-20(17)18(23(31)33-6)15-29(21)24(32)34-25(3,4)5/h9-10,15-16,19,27H,7-8,11-14H2,1-6H3. The lowest BCUT2D eigenvalue weighted by molar-refractivity contribution is -0.132. The van der Waals surface area contributed by atoms with Gasteiger partial charge in [-0.3, -0.25) is 4.79 Å². The summed E-state index contributed by atoms with van der Waals surface area (Å²) in [5.74, 6) is -0.134. The number of esters is 1. The van der Waals surface area contributed by atoms with Gasteiger partial charge in [-0.05, 0) is 57.6 Å². The zero-order valence-electron chi connectivity index (χ0n) is 21.0. The van der Waals surface area contributed by atoms with Gasteiger partial charge in [0.15, 0.2) is 5.65 Å². The van der Waals surface area contributed by atoms with Crippen LogP contribution in [0, 0.1) is 5.92 Å². The Bertz CT molecular complexity index is 1050. The Balaban J connectivity index is 1.95. The number of carbonyl (C=O) groups is 3. The first-order chi connectivity index (χ1) is 16.0. The summed E-state index contributed by atoms with van der Waals surface area (Å²) in [6.07, 6.45) is 5.12. The van der Waals surface area contributed by atoms with Crippen LogP contribution < -0.4 is 5.32 Å². The van der Waals surface area contributed by atoms with Crippen LogP contribution in [0.15, 0.2) is 18.5 Å². The second-order valence-corrected chi connectivity index (χ2v) is 10.1. The predicted octanol–water partition coefficient (Wildman–Crippen LogP) is 3.73. The molecule has 2 aromatic heterocycles. The minimum absolute atomic E-state index is 0.107. The highest BCUT2D eigenvalue weighted by molar-refractivity contribution is 6.06. The summed E-state index contributed by atoms with van der Waals surface area (Å²) in [5, 5.41) is 3.90. The van der Waals surface area contributed by atoms with Crippen molar-refractivity contribution < 1.29 is 23.9 Å². The van der Waals surface area contributed by atoms with Crippen molar-refractivity contribution >= 4 is 29.0 Å². The summed E-state index contributed by atoms with van der Waals surface area (Å²) in [7, 11) is 1.29. The van der Waals surface area contributed by atoms with E-state index in [1.807, 2.05) is 4.90 Å². The molecule has 1 amide bonds. The van der Waals surface area contributed by atoms with Crippen molar-refractivity contribution in [2.45, 2.75) is 72.1 Å². The Labute approximate surface area is 200 Å². The molecular formula is C25H36N4O5. The number of pyridine rings is 1. The van der Waals surface area contributed by atoms with E-state index in [9.17, 15) is 14.4 Å². The summed E-state index contributed by atoms with van der Waals surface area (Å²) >= 11 is 0. The van der Waals surface area contributed by atoms with E-state index in [4.69, 9.17) is 9.47 Å². The third-order valence-corrected chi connectivity index (χ3v) is 5.73. The quantitative estimate of drug-likeness (QED) is 0.613. The number of methoxy groups -OCH3 is 1. The fraction of sp³-hybridized carbons (Fsp3) is 0.600. The van der Waals surface area contributed by atoms with E-state index in [2.05, 4.69) is 24.1 Å². The van der Waals surface area contributed by atoms with Crippen LogP contribution in [0.25, 0.3) is 11.0 Å². The average Bonchev–Trinajstić information content (AvgIpc) is 3.42. The molecule has 9 heteroatoms. The summed E-state index contributed by atoms with van der Waals surface area (Å²) in [6.45, 7) is 11.4. The molecule has 186 valence electrons. The van der Waals surface area contributed by atoms with Gasteiger partial charge in [-0.1, -0.05) is 13.8 Å². The molecule has 1 saturated heterocycles. The molecule has 2 aromatic rings. The number of amides is 1. The van der Waals surface area contributed by atoms with Crippen molar-refractivity contribution in [3.8, 4) is 0 Å². The minimum Gasteiger partial charge on any atom is -0.465 e. The summed E-state index contributed by atoms with van der Waals surface area (Å²) in [5.41, 5.74) is 0.564. The van der Waals surface area contributed by atoms with E-state index in [-0.39, 0.29) is 17.5 Å². The number of ether oxygens (including phenoxy) is 2. The summed E-state index contributed by atoms with van der Waals surface area (Å²) in [4.78, 5) is 44.8. The van der Waals surface area contributed by atoms with Crippen LogP contribution in [0.4, 0.5) is 4.79 Å². The molecular weight excluding hydrogens is 436 g/mol. The van der Waals surface area contributed by atoms with Gasteiger partial charge in [0.05, 0.1) is 18.7 Å². The number of carbonyl (C=O) groups excluding carboxylic acids is 3. The normalized spacial score (nSPS) is 15.1. The maximum atomic E-state index is 13.1. The number of nitrogens with one attached hydrogen (secondary N) is 1. The van der Waals surface area contributed by atoms with Crippen LogP contribution in [-0.4, -0.2) is 64.3 Å². The Hall–Kier alpha value is -2.94. The summed E-state index contributed by atoms with van der Waals surface area (Å²) in [6, 6.07) is 1.45. The lowest BCUT2D eigenvalue weighted by Crippen LogP contribution is -2.46. The van der Waals surface area contributed by atoms with E-state index < -0.39 is 17.7 Å². The molecule has 1 aliphatic rings. The lowest BCUT2D eigenvalue weighted by Gasteiger charge is -2.25. The minimum atomic E-state index is -0.710. The number of aromatic nitrogens is 2. The van der Waals surface area contributed by atoms with Crippen LogP contribution in [0.3, 0.4) is 0 Å². The van der Waals surface area contributed by atoms with E-state index in [0.29, 0.717) is 29.9 Å². The van der Waals surface area contributed by atoms with Gasteiger partial charge in [0.2, 0.25) is 5.91 Å². The average molecular weight is 473 g/mol. The van der Waals surface area contributed by atoms with Gasteiger partial charge in [-0.25, -0.2) is 19.1 Å². The third-order valence-electron chi connectivity index (χ3n) is 5.73. The first-order valence-electron chi connectivity index (χ1n) is 11.8. The van der Waals surface area contributed by atoms with Gasteiger partial charge in [0, 0.05) is 37.4 Å². The topological polar surface area (TPSA) is 103 Å². The highest BCUT2D eigenvalue weighted by atomic mass is 16.6. The highest BCUT2D eigenvalue weighted by Gasteiger charge is 2.29. The molecule has 1 fully saturated rings. The highest BCUT2D eigenvalue weighted by Crippen LogP contribution is 2.26. The van der Waals surface area contributed by atoms with Gasteiger partial charge in [-0.2, -0.15) is 0 Å². The second-order valence-electron chi connectivity index (χ2n) is 10.1. The van der Waals surface area contributed by atoms with E-state index >= 15 is 0 Å². The van der Waals surface area contributed by atoms with Gasteiger partial charge in [-0.15, -0.1) is 0 Å². The van der Waals surface area contributed by atoms with Crippen molar-refractivity contribution in [1.82, 2.24) is 19.8 Å². The van der Waals surface area contributed by atoms with Gasteiger partial charge in [0.1, 0.15) is 5.60 Å². The van der Waals surface area contributed by atoms with E-state index in [1.54, 1.807) is 33.0 Å². The van der Waals surface area contributed by atoms with Crippen LogP contribution in [0.5, 0.6) is 0 Å². The Morgan fingerprint density at radius 1 is 1.18 bits per heavy atom. The van der Waals surface area contributed by atoms with Crippen LogP contribution in [0.2, 0.25) is 0 Å². The van der Waals surface area contributed by atoms with Gasteiger partial charge >= 0.3 is 12.1 Å². The Morgan fingerprint density at radius 3 is 2.44 bits per heavy atom. The molecule has 0 radical (unpaired) electrons. The van der Waals surface area contributed by atoms with Gasteiger partial charge in [0.25, 0.3) is 0 Å². The molecule has 34 heavy (non-hydrogen) atoms. The molecule has 1 unspecified atom stereocenters. The third kappa shape index (κ3) is 5.94. The second kappa shape index (κ2) is 10.5. The number of rotatable bonds is 7. The first kappa shape index (κ1) is 25.7. The Kier molecular flexibility index (Phi) is 7.97. The zero-order chi connectivity index (χ0) is 25.0. The SMILES string of the molecule is COC(=O)c1cn(C(=O)OC(C)(C)C)c2nccc(CNC(CC(C)C)C(=O)N3CCCC3)c12. The molecule has 3 rings (SSSR count). The number of fused-ring (bicyclic) bond motifs is 1. The number of nitrogens with zero attached hydrogens (tertiary/aromatic N) is 3. The maximum Gasteiger partial charge on any atom is 0.420 e. The van der Waals surface area contributed by atoms with Crippen LogP contribution >= 0.6 is 0 Å². The van der Waals surface area contributed by atoms with E-state index in [0.717, 1.165) is 31.5 Å². The molecule has 0 saturated carbocycles. The molecule has 0 aromatic carbocycles. The maximum absolute atomic E-state index is 13.1. The first-order valence-corrected chi connectivity index (χ1v) is 11.8. The number of hydrogen-bond acceptors (Lipinski definition) is 7. The molecule has 0 aliphatic carbocycles. The van der Waals surface area contributed by atoms with Crippen LogP contribution in [-0.2, 0) is 20.8 Å². The number of likely N-dealkylation sites (tertiary alicyclic amines) is 1. The van der Waals surface area contributed by atoms with Crippen molar-refractivity contribution in [3.05, 3.63) is 29.6 Å². The fourth-order valence-electron chi connectivity index (χ4n) is 4.22. The van der Waals surface area contributed by atoms with Crippen molar-refractivity contribution in [3.63, 3.8) is 0 Å². The lowest BCUT2D eigenvalue weighted by atomic mass is 10.0. The smallest absolute Gasteiger partial charge is 0.420 e. The molecule has 1 aliphatic heterocycles. The molecule has 1 N–H and O–H groups in total.